The van der Waals surface area contributed by atoms with Crippen molar-refractivity contribution in [1.29, 1.82) is 0 Å². The Morgan fingerprint density at radius 3 is 2.78 bits per heavy atom. The van der Waals surface area contributed by atoms with Crippen molar-refractivity contribution in [2.45, 2.75) is 26.9 Å². The number of halogens is 1. The molecule has 0 saturated carbocycles. The van der Waals surface area contributed by atoms with Crippen molar-refractivity contribution in [3.05, 3.63) is 45.8 Å². The molecule has 0 bridgehead atoms. The summed E-state index contributed by atoms with van der Waals surface area (Å²) >= 11 is 1.79. The highest BCUT2D eigenvalue weighted by atomic mass is 127. The molecule has 2 rings (SSSR count). The standard InChI is InChI=1S/C16H22N4OS.HI/c1-4-17-16(20-11-14-8-7-12(2)22-14)19-10-13-6-5-9-18-15(13)21-3;/h5-9H,4,10-11H2,1-3H3,(H2,17,19,20);1H. The molecule has 0 amide bonds. The zero-order valence-corrected chi connectivity index (χ0v) is 16.8. The zero-order chi connectivity index (χ0) is 15.8. The Bertz CT molecular complexity index is 630. The summed E-state index contributed by atoms with van der Waals surface area (Å²) in [5, 5.41) is 6.60. The van der Waals surface area contributed by atoms with Crippen molar-refractivity contribution < 1.29 is 4.74 Å². The van der Waals surface area contributed by atoms with Crippen LogP contribution in [0.1, 0.15) is 22.2 Å². The van der Waals surface area contributed by atoms with Crippen LogP contribution in [0.3, 0.4) is 0 Å². The van der Waals surface area contributed by atoms with E-state index in [1.54, 1.807) is 24.6 Å². The van der Waals surface area contributed by atoms with Gasteiger partial charge in [-0.1, -0.05) is 6.07 Å². The van der Waals surface area contributed by atoms with Gasteiger partial charge in [-0.15, -0.1) is 35.3 Å². The molecule has 0 radical (unpaired) electrons. The molecule has 126 valence electrons. The summed E-state index contributed by atoms with van der Waals surface area (Å²) in [6.45, 7) is 6.28. The summed E-state index contributed by atoms with van der Waals surface area (Å²) in [5.74, 6) is 1.41. The van der Waals surface area contributed by atoms with Gasteiger partial charge >= 0.3 is 0 Å². The fourth-order valence-corrected chi connectivity index (χ4v) is 2.82. The highest BCUT2D eigenvalue weighted by Gasteiger charge is 2.04. The maximum Gasteiger partial charge on any atom is 0.218 e. The van der Waals surface area contributed by atoms with Gasteiger partial charge in [-0.25, -0.2) is 9.98 Å². The summed E-state index contributed by atoms with van der Waals surface area (Å²) in [6.07, 6.45) is 1.72. The van der Waals surface area contributed by atoms with Crippen LogP contribution in [0.5, 0.6) is 5.88 Å². The molecule has 7 heteroatoms. The lowest BCUT2D eigenvalue weighted by Crippen LogP contribution is -2.36. The van der Waals surface area contributed by atoms with Crippen LogP contribution in [0.25, 0.3) is 0 Å². The van der Waals surface area contributed by atoms with Crippen LogP contribution >= 0.6 is 35.3 Å². The monoisotopic (exact) mass is 446 g/mol. The Kier molecular flexibility index (Phi) is 8.93. The number of nitrogens with zero attached hydrogens (tertiary/aromatic N) is 2. The third-order valence-electron chi connectivity index (χ3n) is 3.02. The Hall–Kier alpha value is -1.35. The number of hydrogen-bond donors (Lipinski definition) is 2. The minimum absolute atomic E-state index is 0. The number of thiophene rings is 1. The second-order valence-electron chi connectivity index (χ2n) is 4.73. The summed E-state index contributed by atoms with van der Waals surface area (Å²) in [5.41, 5.74) is 0.967. The Morgan fingerprint density at radius 2 is 2.13 bits per heavy atom. The maximum absolute atomic E-state index is 5.25. The molecule has 23 heavy (non-hydrogen) atoms. The molecular weight excluding hydrogens is 423 g/mol. The molecule has 0 spiro atoms. The molecule has 2 N–H and O–H groups in total. The highest BCUT2D eigenvalue weighted by molar-refractivity contribution is 14.0. The van der Waals surface area contributed by atoms with Crippen molar-refractivity contribution in [2.75, 3.05) is 13.7 Å². The predicted molar refractivity (Wildman–Crippen MR) is 107 cm³/mol. The number of aliphatic imine (C=N–C) groups is 1. The maximum atomic E-state index is 5.25. The molecule has 0 saturated heterocycles. The van der Waals surface area contributed by atoms with E-state index in [0.717, 1.165) is 24.6 Å². The van der Waals surface area contributed by atoms with Crippen LogP contribution < -0.4 is 15.4 Å². The van der Waals surface area contributed by atoms with Crippen LogP contribution in [0.15, 0.2) is 35.5 Å². The number of aryl methyl sites for hydroxylation is 1. The molecule has 2 aromatic heterocycles. The van der Waals surface area contributed by atoms with E-state index in [0.29, 0.717) is 12.4 Å². The summed E-state index contributed by atoms with van der Waals surface area (Å²) in [4.78, 5) is 11.4. The van der Waals surface area contributed by atoms with Gasteiger partial charge < -0.3 is 15.4 Å². The van der Waals surface area contributed by atoms with Gasteiger partial charge in [0.1, 0.15) is 0 Å². The SMILES string of the molecule is CCNC(=NCc1cccnc1OC)NCc1ccc(C)s1.I. The lowest BCUT2D eigenvalue weighted by molar-refractivity contribution is 0.392. The van der Waals surface area contributed by atoms with Crippen molar-refractivity contribution in [3.63, 3.8) is 0 Å². The van der Waals surface area contributed by atoms with Gasteiger partial charge in [-0.3, -0.25) is 0 Å². The second-order valence-corrected chi connectivity index (χ2v) is 6.11. The minimum atomic E-state index is 0. The number of pyridine rings is 1. The molecule has 2 aromatic rings. The Morgan fingerprint density at radius 1 is 1.30 bits per heavy atom. The minimum Gasteiger partial charge on any atom is -0.481 e. The fraction of sp³-hybridized carbons (Fsp3) is 0.375. The number of aromatic nitrogens is 1. The number of ether oxygens (including phenoxy) is 1. The predicted octanol–water partition coefficient (Wildman–Crippen LogP) is 3.33. The average Bonchev–Trinajstić information content (AvgIpc) is 2.96. The first-order chi connectivity index (χ1) is 10.7. The van der Waals surface area contributed by atoms with Crippen LogP contribution in [0.4, 0.5) is 0 Å². The van der Waals surface area contributed by atoms with Crippen molar-refractivity contribution >= 4 is 41.3 Å². The lowest BCUT2D eigenvalue weighted by atomic mass is 10.3. The number of rotatable bonds is 6. The van der Waals surface area contributed by atoms with Gasteiger partial charge in [0.05, 0.1) is 20.2 Å². The van der Waals surface area contributed by atoms with Crippen molar-refractivity contribution in [3.8, 4) is 5.88 Å². The lowest BCUT2D eigenvalue weighted by Gasteiger charge is -2.11. The zero-order valence-electron chi connectivity index (χ0n) is 13.6. The van der Waals surface area contributed by atoms with Gasteiger partial charge in [0.25, 0.3) is 0 Å². The molecular formula is C16H23IN4OS. The van der Waals surface area contributed by atoms with E-state index in [1.165, 1.54) is 9.75 Å². The van der Waals surface area contributed by atoms with E-state index in [4.69, 9.17) is 4.74 Å². The molecule has 0 aliphatic heterocycles. The molecule has 0 unspecified atom stereocenters. The van der Waals surface area contributed by atoms with Gasteiger partial charge in [0.2, 0.25) is 5.88 Å². The van der Waals surface area contributed by atoms with E-state index in [9.17, 15) is 0 Å². The number of methoxy groups -OCH3 is 1. The second kappa shape index (κ2) is 10.4. The molecule has 0 atom stereocenters. The quantitative estimate of drug-likeness (QED) is 0.406. The fourth-order valence-electron chi connectivity index (χ4n) is 1.99. The molecule has 2 heterocycles. The van der Waals surface area contributed by atoms with Gasteiger partial charge in [0.15, 0.2) is 5.96 Å². The van der Waals surface area contributed by atoms with Crippen molar-refractivity contribution in [2.24, 2.45) is 4.99 Å². The Labute approximate surface area is 158 Å². The van der Waals surface area contributed by atoms with Gasteiger partial charge in [-0.2, -0.15) is 0 Å². The van der Waals surface area contributed by atoms with Crippen LogP contribution in [0.2, 0.25) is 0 Å². The molecule has 0 aliphatic rings. The topological polar surface area (TPSA) is 58.5 Å². The smallest absolute Gasteiger partial charge is 0.218 e. The van der Waals surface area contributed by atoms with E-state index in [1.807, 2.05) is 12.1 Å². The first kappa shape index (κ1) is 19.7. The third kappa shape index (κ3) is 6.34. The Balaban J connectivity index is 0.00000264. The highest BCUT2D eigenvalue weighted by Crippen LogP contribution is 2.15. The van der Waals surface area contributed by atoms with E-state index < -0.39 is 0 Å². The van der Waals surface area contributed by atoms with Crippen LogP contribution in [0, 0.1) is 6.92 Å². The van der Waals surface area contributed by atoms with Gasteiger partial charge in [-0.05, 0) is 32.0 Å². The molecule has 5 nitrogen and oxygen atoms in total. The van der Waals surface area contributed by atoms with E-state index in [-0.39, 0.29) is 24.0 Å². The van der Waals surface area contributed by atoms with E-state index in [2.05, 4.69) is 46.6 Å². The van der Waals surface area contributed by atoms with Crippen LogP contribution in [-0.4, -0.2) is 24.6 Å². The first-order valence-corrected chi connectivity index (χ1v) is 8.10. The third-order valence-corrected chi connectivity index (χ3v) is 4.02. The van der Waals surface area contributed by atoms with E-state index >= 15 is 0 Å². The normalized spacial score (nSPS) is 10.8. The van der Waals surface area contributed by atoms with Gasteiger partial charge in [0, 0.05) is 28.1 Å². The summed E-state index contributed by atoms with van der Waals surface area (Å²) < 4.78 is 5.25. The number of guanidine groups is 1. The number of nitrogens with one attached hydrogen (secondary N) is 2. The summed E-state index contributed by atoms with van der Waals surface area (Å²) in [7, 11) is 1.62. The molecule has 0 fully saturated rings. The number of hydrogen-bond acceptors (Lipinski definition) is 4. The largest absolute Gasteiger partial charge is 0.481 e. The molecule has 0 aliphatic carbocycles. The van der Waals surface area contributed by atoms with Crippen LogP contribution in [-0.2, 0) is 13.1 Å². The van der Waals surface area contributed by atoms with Crippen molar-refractivity contribution in [1.82, 2.24) is 15.6 Å². The first-order valence-electron chi connectivity index (χ1n) is 7.28. The average molecular weight is 446 g/mol. The molecule has 0 aromatic carbocycles. The summed E-state index contributed by atoms with van der Waals surface area (Å²) in [6, 6.07) is 8.14.